The molecule has 1 aromatic rings. The normalized spacial score (nSPS) is 21.5. The molecule has 0 aromatic heterocycles. The van der Waals surface area contributed by atoms with Gasteiger partial charge in [-0.05, 0) is 31.2 Å². The molecule has 1 unspecified atom stereocenters. The minimum absolute atomic E-state index is 0.0335. The number of hydrogen-bond acceptors (Lipinski definition) is 6. The van der Waals surface area contributed by atoms with E-state index in [1.807, 2.05) is 36.4 Å². The minimum Gasteiger partial charge on any atom is -0.445 e. The van der Waals surface area contributed by atoms with E-state index in [1.54, 1.807) is 19.9 Å². The van der Waals surface area contributed by atoms with Crippen LogP contribution >= 0.6 is 0 Å². The van der Waals surface area contributed by atoms with Crippen molar-refractivity contribution in [3.63, 3.8) is 0 Å². The van der Waals surface area contributed by atoms with E-state index < -0.39 is 34.8 Å². The third-order valence-electron chi connectivity index (χ3n) is 5.82. The second-order valence-electron chi connectivity index (χ2n) is 8.73. The predicted octanol–water partition coefficient (Wildman–Crippen LogP) is 1.95. The molecule has 0 fully saturated rings. The van der Waals surface area contributed by atoms with Crippen molar-refractivity contribution in [1.29, 1.82) is 0 Å². The lowest BCUT2D eigenvalue weighted by atomic mass is 9.80. The fraction of sp³-hybridized carbons (Fsp3) is 0.440. The van der Waals surface area contributed by atoms with Crippen LogP contribution in [0.15, 0.2) is 55.1 Å². The van der Waals surface area contributed by atoms with E-state index in [1.165, 1.54) is 13.0 Å². The number of benzene rings is 1. The number of Topliss-reactive ketones (excluding diaryl/α,β-unsaturated/α-hetero) is 1. The van der Waals surface area contributed by atoms with Gasteiger partial charge in [-0.1, -0.05) is 62.4 Å². The first-order chi connectivity index (χ1) is 16.1. The lowest BCUT2D eigenvalue weighted by Gasteiger charge is -2.39. The molecule has 0 bridgehead atoms. The molecule has 1 aliphatic rings. The van der Waals surface area contributed by atoms with E-state index >= 15 is 0 Å². The first-order valence-electron chi connectivity index (χ1n) is 11.3. The van der Waals surface area contributed by atoms with Crippen LogP contribution in [0.25, 0.3) is 0 Å². The Morgan fingerprint density at radius 3 is 2.59 bits per heavy atom. The van der Waals surface area contributed by atoms with Gasteiger partial charge >= 0.3 is 6.09 Å². The van der Waals surface area contributed by atoms with Gasteiger partial charge in [0.15, 0.2) is 0 Å². The molecule has 0 saturated heterocycles. The summed E-state index contributed by atoms with van der Waals surface area (Å²) in [5.41, 5.74) is -2.16. The van der Waals surface area contributed by atoms with Gasteiger partial charge in [-0.3, -0.25) is 19.7 Å². The summed E-state index contributed by atoms with van der Waals surface area (Å²) in [7, 11) is 0. The molecule has 9 nitrogen and oxygen atoms in total. The highest BCUT2D eigenvalue weighted by molar-refractivity contribution is 6.40. The molecule has 0 aliphatic carbocycles. The van der Waals surface area contributed by atoms with Crippen molar-refractivity contribution in [1.82, 2.24) is 21.3 Å². The highest BCUT2D eigenvalue weighted by atomic mass is 16.5. The van der Waals surface area contributed by atoms with Crippen LogP contribution < -0.4 is 21.3 Å². The Labute approximate surface area is 200 Å². The number of hydrogen-bond donors (Lipinski definition) is 4. The first kappa shape index (κ1) is 26.8. The predicted molar refractivity (Wildman–Crippen MR) is 128 cm³/mol. The maximum absolute atomic E-state index is 13.6. The summed E-state index contributed by atoms with van der Waals surface area (Å²) in [6.07, 6.45) is 4.48. The molecule has 0 saturated carbocycles. The van der Waals surface area contributed by atoms with E-state index in [0.29, 0.717) is 6.54 Å². The highest BCUT2D eigenvalue weighted by Gasteiger charge is 2.47. The Morgan fingerprint density at radius 2 is 1.94 bits per heavy atom. The molecule has 1 heterocycles. The summed E-state index contributed by atoms with van der Waals surface area (Å²) in [5.74, 6) is -2.58. The zero-order chi connectivity index (χ0) is 25.2. The van der Waals surface area contributed by atoms with Crippen molar-refractivity contribution in [2.75, 3.05) is 13.2 Å². The van der Waals surface area contributed by atoms with Crippen molar-refractivity contribution < 1.29 is 23.9 Å². The van der Waals surface area contributed by atoms with Crippen LogP contribution in [-0.2, 0) is 25.7 Å². The fourth-order valence-electron chi connectivity index (χ4n) is 3.61. The Kier molecular flexibility index (Phi) is 9.56. The van der Waals surface area contributed by atoms with E-state index in [4.69, 9.17) is 4.74 Å². The molecule has 2 rings (SSSR count). The topological polar surface area (TPSA) is 126 Å². The van der Waals surface area contributed by atoms with Gasteiger partial charge < -0.3 is 20.7 Å². The first-order valence-corrected chi connectivity index (χ1v) is 11.3. The standard InChI is InChI=1S/C25H34N4O5/c1-5-13-25(18(2)3,29-23(33)34-16-19-11-7-6-8-12-19)22(32)28-24(4)14-9-10-15-26-17-27-21(31)20(24)30/h5-12,18,26H,1,13-17H2,2-4H3,(H,27,31)(H,28,32)(H,29,33)/b10-9-/t24?,25-/m1/s1. The minimum atomic E-state index is -1.51. The summed E-state index contributed by atoms with van der Waals surface area (Å²) in [4.78, 5) is 51.6. The number of ether oxygens (including phenoxy) is 1. The number of nitrogens with one attached hydrogen (secondary N) is 4. The largest absolute Gasteiger partial charge is 0.445 e. The summed E-state index contributed by atoms with van der Waals surface area (Å²) in [6, 6.07) is 9.16. The zero-order valence-corrected chi connectivity index (χ0v) is 20.0. The number of alkyl carbamates (subject to hydrolysis) is 1. The molecule has 1 aromatic carbocycles. The molecule has 184 valence electrons. The van der Waals surface area contributed by atoms with Gasteiger partial charge in [0, 0.05) is 6.54 Å². The molecule has 2 atom stereocenters. The molecular formula is C25H34N4O5. The van der Waals surface area contributed by atoms with E-state index in [-0.39, 0.29) is 32.0 Å². The van der Waals surface area contributed by atoms with E-state index in [2.05, 4.69) is 27.8 Å². The quantitative estimate of drug-likeness (QED) is 0.340. The van der Waals surface area contributed by atoms with Gasteiger partial charge in [0.1, 0.15) is 17.7 Å². The average Bonchev–Trinajstić information content (AvgIpc) is 2.81. The average molecular weight is 471 g/mol. The van der Waals surface area contributed by atoms with Gasteiger partial charge in [0.25, 0.3) is 5.91 Å². The van der Waals surface area contributed by atoms with Crippen LogP contribution in [0.4, 0.5) is 4.79 Å². The maximum atomic E-state index is 13.6. The van der Waals surface area contributed by atoms with Crippen LogP contribution in [0.5, 0.6) is 0 Å². The maximum Gasteiger partial charge on any atom is 0.408 e. The number of carbonyl (C=O) groups is 4. The van der Waals surface area contributed by atoms with Gasteiger partial charge in [0.2, 0.25) is 11.7 Å². The van der Waals surface area contributed by atoms with Gasteiger partial charge in [-0.2, -0.15) is 0 Å². The number of carbonyl (C=O) groups excluding carboxylic acids is 4. The molecule has 3 amide bonds. The van der Waals surface area contributed by atoms with Crippen LogP contribution in [0.2, 0.25) is 0 Å². The van der Waals surface area contributed by atoms with Crippen molar-refractivity contribution in [3.05, 3.63) is 60.7 Å². The smallest absolute Gasteiger partial charge is 0.408 e. The summed E-state index contributed by atoms with van der Waals surface area (Å²) < 4.78 is 5.34. The van der Waals surface area contributed by atoms with E-state index in [0.717, 1.165) is 5.56 Å². The number of amides is 3. The van der Waals surface area contributed by atoms with Crippen LogP contribution in [0.1, 0.15) is 39.2 Å². The zero-order valence-electron chi connectivity index (χ0n) is 20.0. The number of ketones is 1. The van der Waals surface area contributed by atoms with Gasteiger partial charge in [0.05, 0.1) is 6.67 Å². The van der Waals surface area contributed by atoms with Gasteiger partial charge in [-0.15, -0.1) is 6.58 Å². The Hall–Kier alpha value is -3.46. The van der Waals surface area contributed by atoms with Crippen molar-refractivity contribution >= 4 is 23.7 Å². The third kappa shape index (κ3) is 6.77. The van der Waals surface area contributed by atoms with Gasteiger partial charge in [-0.25, -0.2) is 4.79 Å². The van der Waals surface area contributed by atoms with Crippen molar-refractivity contribution in [2.24, 2.45) is 5.92 Å². The van der Waals surface area contributed by atoms with Crippen molar-refractivity contribution in [3.8, 4) is 0 Å². The third-order valence-corrected chi connectivity index (χ3v) is 5.82. The highest BCUT2D eigenvalue weighted by Crippen LogP contribution is 2.25. The lowest BCUT2D eigenvalue weighted by molar-refractivity contribution is -0.144. The second kappa shape index (κ2) is 12.1. The Morgan fingerprint density at radius 1 is 1.24 bits per heavy atom. The second-order valence-corrected chi connectivity index (χ2v) is 8.73. The summed E-state index contributed by atoms with van der Waals surface area (Å²) in [5, 5.41) is 10.9. The monoisotopic (exact) mass is 470 g/mol. The van der Waals surface area contributed by atoms with Crippen LogP contribution in [0.3, 0.4) is 0 Å². The van der Waals surface area contributed by atoms with Crippen molar-refractivity contribution in [2.45, 2.75) is 51.3 Å². The summed E-state index contributed by atoms with van der Waals surface area (Å²) in [6.45, 7) is 9.44. The molecule has 0 radical (unpaired) electrons. The Balaban J connectivity index is 2.27. The summed E-state index contributed by atoms with van der Waals surface area (Å²) >= 11 is 0. The molecule has 0 spiro atoms. The molecule has 1 aliphatic heterocycles. The SMILES string of the molecule is C=CC[C@](NC(=O)OCc1ccccc1)(C(=O)NC1(C)C/C=C\CNCNC(=O)C1=O)C(C)C. The molecular weight excluding hydrogens is 436 g/mol. The lowest BCUT2D eigenvalue weighted by Crippen LogP contribution is -2.67. The Bertz CT molecular complexity index is 930. The molecule has 4 N–H and O–H groups in total. The van der Waals surface area contributed by atoms with E-state index in [9.17, 15) is 19.2 Å². The van der Waals surface area contributed by atoms with Crippen LogP contribution in [0, 0.1) is 5.92 Å². The van der Waals surface area contributed by atoms with Crippen LogP contribution in [-0.4, -0.2) is 48.0 Å². The fourth-order valence-corrected chi connectivity index (χ4v) is 3.61. The number of rotatable bonds is 8. The molecule has 34 heavy (non-hydrogen) atoms. The molecule has 9 heteroatoms.